The zero-order chi connectivity index (χ0) is 17.8. The fraction of sp³-hybridized carbons (Fsp3) is 0.333. The third-order valence-electron chi connectivity index (χ3n) is 5.02. The molecule has 0 saturated carbocycles. The van der Waals surface area contributed by atoms with Gasteiger partial charge in [0.25, 0.3) is 0 Å². The molecule has 1 aliphatic rings. The van der Waals surface area contributed by atoms with Gasteiger partial charge in [-0.05, 0) is 24.6 Å². The lowest BCUT2D eigenvalue weighted by Gasteiger charge is -2.36. The summed E-state index contributed by atoms with van der Waals surface area (Å²) in [6.45, 7) is 7.29. The monoisotopic (exact) mass is 348 g/mol. The molecule has 134 valence electrons. The summed E-state index contributed by atoms with van der Waals surface area (Å²) in [5.41, 5.74) is 2.34. The maximum Gasteiger partial charge on any atom is 0.247 e. The van der Waals surface area contributed by atoms with Gasteiger partial charge in [-0.2, -0.15) is 0 Å². The topological polar surface area (TPSA) is 45.4 Å². The van der Waals surface area contributed by atoms with Gasteiger partial charge in [0.15, 0.2) is 0 Å². The van der Waals surface area contributed by atoms with Gasteiger partial charge in [0.2, 0.25) is 11.8 Å². The largest absolute Gasteiger partial charge is 0.419 e. The molecule has 1 fully saturated rings. The van der Waals surface area contributed by atoms with Gasteiger partial charge in [-0.25, -0.2) is 0 Å². The minimum absolute atomic E-state index is 0.138. The summed E-state index contributed by atoms with van der Waals surface area (Å²) in [6, 6.07) is 20.7. The Labute approximate surface area is 154 Å². The minimum atomic E-state index is 0.138. The lowest BCUT2D eigenvalue weighted by atomic mass is 10.2. The maximum atomic E-state index is 5.93. The highest BCUT2D eigenvalue weighted by atomic mass is 16.4. The number of piperazine rings is 1. The molecule has 1 unspecified atom stereocenters. The second-order valence-electron chi connectivity index (χ2n) is 6.79. The highest BCUT2D eigenvalue weighted by molar-refractivity contribution is 5.51. The van der Waals surface area contributed by atoms with E-state index in [1.165, 1.54) is 5.56 Å². The van der Waals surface area contributed by atoms with Crippen molar-refractivity contribution >= 4 is 0 Å². The highest BCUT2D eigenvalue weighted by Gasteiger charge is 2.25. The van der Waals surface area contributed by atoms with Gasteiger partial charge in [-0.15, -0.1) is 10.2 Å². The van der Waals surface area contributed by atoms with Crippen LogP contribution in [0.25, 0.3) is 11.5 Å². The number of hydrogen-bond donors (Lipinski definition) is 0. The Bertz CT molecular complexity index is 810. The molecule has 5 heteroatoms. The molecule has 5 nitrogen and oxygen atoms in total. The van der Waals surface area contributed by atoms with E-state index in [0.29, 0.717) is 11.8 Å². The third-order valence-corrected chi connectivity index (χ3v) is 5.02. The Morgan fingerprint density at radius 3 is 2.23 bits per heavy atom. The van der Waals surface area contributed by atoms with Crippen LogP contribution in [0.1, 0.15) is 24.4 Å². The molecule has 26 heavy (non-hydrogen) atoms. The Kier molecular flexibility index (Phi) is 5.09. The number of nitrogens with zero attached hydrogens (tertiary/aromatic N) is 4. The molecule has 0 aliphatic carbocycles. The van der Waals surface area contributed by atoms with Crippen LogP contribution in [0.3, 0.4) is 0 Å². The molecule has 1 saturated heterocycles. The first-order valence-electron chi connectivity index (χ1n) is 9.19. The predicted molar refractivity (Wildman–Crippen MR) is 101 cm³/mol. The SMILES string of the molecule is CC(c1nnc(-c2ccccc2)o1)N1CCN(Cc2ccccc2)CC1. The molecule has 2 heterocycles. The van der Waals surface area contributed by atoms with E-state index in [2.05, 4.69) is 57.3 Å². The number of benzene rings is 2. The number of hydrogen-bond acceptors (Lipinski definition) is 5. The third kappa shape index (κ3) is 3.84. The fourth-order valence-corrected chi connectivity index (χ4v) is 3.41. The molecule has 1 aliphatic heterocycles. The average molecular weight is 348 g/mol. The van der Waals surface area contributed by atoms with E-state index >= 15 is 0 Å². The van der Waals surface area contributed by atoms with E-state index in [4.69, 9.17) is 4.42 Å². The highest BCUT2D eigenvalue weighted by Crippen LogP contribution is 2.24. The molecular formula is C21H24N4O. The van der Waals surface area contributed by atoms with Crippen molar-refractivity contribution in [2.75, 3.05) is 26.2 Å². The van der Waals surface area contributed by atoms with Crippen molar-refractivity contribution in [3.05, 3.63) is 72.1 Å². The zero-order valence-corrected chi connectivity index (χ0v) is 15.1. The van der Waals surface area contributed by atoms with Crippen LogP contribution >= 0.6 is 0 Å². The van der Waals surface area contributed by atoms with Crippen LogP contribution in [0.15, 0.2) is 65.1 Å². The normalized spacial score (nSPS) is 17.3. The first-order valence-corrected chi connectivity index (χ1v) is 9.19. The summed E-state index contributed by atoms with van der Waals surface area (Å²) >= 11 is 0. The first-order chi connectivity index (χ1) is 12.8. The standard InChI is InChI=1S/C21H24N4O/c1-17(20-22-23-21(26-20)19-10-6-3-7-11-19)25-14-12-24(13-15-25)16-18-8-4-2-5-9-18/h2-11,17H,12-16H2,1H3. The molecule has 0 spiro atoms. The smallest absolute Gasteiger partial charge is 0.247 e. The molecule has 0 N–H and O–H groups in total. The summed E-state index contributed by atoms with van der Waals surface area (Å²) in [6.07, 6.45) is 0. The summed E-state index contributed by atoms with van der Waals surface area (Å²) in [7, 11) is 0. The molecule has 4 rings (SSSR count). The van der Waals surface area contributed by atoms with Gasteiger partial charge in [0.05, 0.1) is 6.04 Å². The van der Waals surface area contributed by atoms with Gasteiger partial charge in [-0.3, -0.25) is 9.80 Å². The van der Waals surface area contributed by atoms with Crippen molar-refractivity contribution in [1.29, 1.82) is 0 Å². The summed E-state index contributed by atoms with van der Waals surface area (Å²) in [5.74, 6) is 1.29. The first kappa shape index (κ1) is 16.9. The molecule has 3 aromatic rings. The quantitative estimate of drug-likeness (QED) is 0.705. The van der Waals surface area contributed by atoms with Crippen LogP contribution < -0.4 is 0 Å². The van der Waals surface area contributed by atoms with Gasteiger partial charge >= 0.3 is 0 Å². The molecule has 2 aromatic carbocycles. The predicted octanol–water partition coefficient (Wildman–Crippen LogP) is 3.62. The van der Waals surface area contributed by atoms with Crippen LogP contribution in [-0.4, -0.2) is 46.2 Å². The Morgan fingerprint density at radius 1 is 0.885 bits per heavy atom. The van der Waals surface area contributed by atoms with Crippen LogP contribution in [0.4, 0.5) is 0 Å². The van der Waals surface area contributed by atoms with Gasteiger partial charge in [0.1, 0.15) is 0 Å². The van der Waals surface area contributed by atoms with Crippen molar-refractivity contribution in [3.8, 4) is 11.5 Å². The second kappa shape index (κ2) is 7.81. The summed E-state index contributed by atoms with van der Waals surface area (Å²) in [4.78, 5) is 4.92. The van der Waals surface area contributed by atoms with Crippen LogP contribution in [0.5, 0.6) is 0 Å². The molecule has 1 atom stereocenters. The van der Waals surface area contributed by atoms with E-state index < -0.39 is 0 Å². The fourth-order valence-electron chi connectivity index (χ4n) is 3.41. The van der Waals surface area contributed by atoms with Crippen molar-refractivity contribution in [3.63, 3.8) is 0 Å². The van der Waals surface area contributed by atoms with Crippen LogP contribution in [0, 0.1) is 0 Å². The zero-order valence-electron chi connectivity index (χ0n) is 15.1. The molecule has 0 amide bonds. The maximum absolute atomic E-state index is 5.93. The van der Waals surface area contributed by atoms with E-state index in [1.54, 1.807) is 0 Å². The van der Waals surface area contributed by atoms with Gasteiger partial charge < -0.3 is 4.42 Å². The average Bonchev–Trinajstić information content (AvgIpc) is 3.20. The molecule has 1 aromatic heterocycles. The molecule has 0 radical (unpaired) electrons. The van der Waals surface area contributed by atoms with Crippen molar-refractivity contribution in [2.24, 2.45) is 0 Å². The summed E-state index contributed by atoms with van der Waals surface area (Å²) in [5, 5.41) is 8.50. The van der Waals surface area contributed by atoms with E-state index in [9.17, 15) is 0 Å². The van der Waals surface area contributed by atoms with Crippen LogP contribution in [-0.2, 0) is 6.54 Å². The van der Waals surface area contributed by atoms with Crippen molar-refractivity contribution in [2.45, 2.75) is 19.5 Å². The molecule has 0 bridgehead atoms. The van der Waals surface area contributed by atoms with E-state index in [1.807, 2.05) is 30.3 Å². The Balaban J connectivity index is 1.35. The second-order valence-corrected chi connectivity index (χ2v) is 6.79. The molecular weight excluding hydrogens is 324 g/mol. The lowest BCUT2D eigenvalue weighted by molar-refractivity contribution is 0.0876. The van der Waals surface area contributed by atoms with E-state index in [-0.39, 0.29) is 6.04 Å². The minimum Gasteiger partial charge on any atom is -0.419 e. The summed E-state index contributed by atoms with van der Waals surface area (Å²) < 4.78 is 5.93. The van der Waals surface area contributed by atoms with Crippen molar-refractivity contribution in [1.82, 2.24) is 20.0 Å². The van der Waals surface area contributed by atoms with Gasteiger partial charge in [0, 0.05) is 38.3 Å². The lowest BCUT2D eigenvalue weighted by Crippen LogP contribution is -2.46. The Hall–Kier alpha value is -2.50. The van der Waals surface area contributed by atoms with Crippen molar-refractivity contribution < 1.29 is 4.42 Å². The van der Waals surface area contributed by atoms with Gasteiger partial charge in [-0.1, -0.05) is 48.5 Å². The van der Waals surface area contributed by atoms with E-state index in [0.717, 1.165) is 38.3 Å². The van der Waals surface area contributed by atoms with Crippen LogP contribution in [0.2, 0.25) is 0 Å². The number of rotatable bonds is 5. The number of aromatic nitrogens is 2. The Morgan fingerprint density at radius 2 is 1.54 bits per heavy atom.